The molecule has 2 fully saturated rings. The molecular weight excluding hydrogens is 398 g/mol. The Kier molecular flexibility index (Phi) is 6.31. The fourth-order valence-corrected chi connectivity index (χ4v) is 5.39. The number of aryl methyl sites for hydroxylation is 2. The molecule has 0 bridgehead atoms. The standard InChI is InChI=1S/C19H27N5O2S.ClH/c1-11-15-8-16(27-19(15)23(3)22-11)17(25)21-12(2)18(26)24-6-4-13-9-20-10-14(13)5-7-24;/h8,12-14,20H,4-7,9-10H2,1-3H3,(H,21,25);1H/t12?,13-,14+;. The van der Waals surface area contributed by atoms with Gasteiger partial charge in [0.15, 0.2) is 0 Å². The third-order valence-electron chi connectivity index (χ3n) is 5.97. The number of hydrogen-bond acceptors (Lipinski definition) is 5. The van der Waals surface area contributed by atoms with Gasteiger partial charge in [0.1, 0.15) is 10.9 Å². The lowest BCUT2D eigenvalue weighted by Gasteiger charge is -2.25. The van der Waals surface area contributed by atoms with E-state index in [-0.39, 0.29) is 24.2 Å². The number of amides is 2. The van der Waals surface area contributed by atoms with Gasteiger partial charge in [0, 0.05) is 25.5 Å². The van der Waals surface area contributed by atoms with E-state index in [9.17, 15) is 9.59 Å². The maximum absolute atomic E-state index is 12.9. The van der Waals surface area contributed by atoms with Gasteiger partial charge in [-0.3, -0.25) is 14.3 Å². The lowest BCUT2D eigenvalue weighted by molar-refractivity contribution is -0.132. The van der Waals surface area contributed by atoms with E-state index in [0.717, 1.165) is 54.9 Å². The molecule has 2 aromatic rings. The second-order valence-corrected chi connectivity index (χ2v) is 8.85. The number of hydrogen-bond donors (Lipinski definition) is 2. The van der Waals surface area contributed by atoms with Gasteiger partial charge in [-0.25, -0.2) is 0 Å². The first-order valence-corrected chi connectivity index (χ1v) is 10.5. The summed E-state index contributed by atoms with van der Waals surface area (Å²) in [5.41, 5.74) is 0.913. The highest BCUT2D eigenvalue weighted by Gasteiger charge is 2.33. The summed E-state index contributed by atoms with van der Waals surface area (Å²) in [6.07, 6.45) is 2.10. The van der Waals surface area contributed by atoms with Crippen LogP contribution in [0.1, 0.15) is 35.1 Å². The second kappa shape index (κ2) is 8.39. The molecule has 2 aromatic heterocycles. The Morgan fingerprint density at radius 3 is 2.54 bits per heavy atom. The highest BCUT2D eigenvalue weighted by Crippen LogP contribution is 2.28. The summed E-state index contributed by atoms with van der Waals surface area (Å²) >= 11 is 1.41. The number of carbonyl (C=O) groups is 2. The van der Waals surface area contributed by atoms with E-state index in [1.807, 2.05) is 24.9 Å². The van der Waals surface area contributed by atoms with Crippen LogP contribution in [0.5, 0.6) is 0 Å². The molecule has 28 heavy (non-hydrogen) atoms. The van der Waals surface area contributed by atoms with Crippen LogP contribution in [0, 0.1) is 18.8 Å². The van der Waals surface area contributed by atoms with Gasteiger partial charge >= 0.3 is 0 Å². The lowest BCUT2D eigenvalue weighted by Crippen LogP contribution is -2.47. The Hall–Kier alpha value is -1.64. The largest absolute Gasteiger partial charge is 0.341 e. The summed E-state index contributed by atoms with van der Waals surface area (Å²) in [5, 5.41) is 11.7. The predicted octanol–water partition coefficient (Wildman–Crippen LogP) is 1.94. The van der Waals surface area contributed by atoms with Gasteiger partial charge in [-0.2, -0.15) is 5.10 Å². The quantitative estimate of drug-likeness (QED) is 0.787. The first-order valence-electron chi connectivity index (χ1n) is 9.67. The van der Waals surface area contributed by atoms with Gasteiger partial charge in [0.25, 0.3) is 5.91 Å². The summed E-state index contributed by atoms with van der Waals surface area (Å²) in [5.74, 6) is 1.20. The summed E-state index contributed by atoms with van der Waals surface area (Å²) in [4.78, 5) is 29.0. The first-order chi connectivity index (χ1) is 12.9. The van der Waals surface area contributed by atoms with Crippen LogP contribution in [-0.4, -0.2) is 58.7 Å². The van der Waals surface area contributed by atoms with Crippen molar-refractivity contribution >= 4 is 45.8 Å². The lowest BCUT2D eigenvalue weighted by atomic mass is 9.92. The second-order valence-electron chi connectivity index (χ2n) is 7.81. The number of nitrogens with one attached hydrogen (secondary N) is 2. The molecule has 4 rings (SSSR count). The van der Waals surface area contributed by atoms with Crippen LogP contribution in [0.4, 0.5) is 0 Å². The molecule has 0 saturated carbocycles. The minimum Gasteiger partial charge on any atom is -0.341 e. The molecule has 0 spiro atoms. The number of aromatic nitrogens is 2. The van der Waals surface area contributed by atoms with Crippen molar-refractivity contribution in [3.8, 4) is 0 Å². The van der Waals surface area contributed by atoms with Crippen molar-refractivity contribution in [2.45, 2.75) is 32.7 Å². The minimum absolute atomic E-state index is 0. The van der Waals surface area contributed by atoms with Crippen molar-refractivity contribution in [2.75, 3.05) is 26.2 Å². The zero-order valence-corrected chi connectivity index (χ0v) is 18.2. The third-order valence-corrected chi connectivity index (χ3v) is 7.17. The van der Waals surface area contributed by atoms with Crippen molar-refractivity contribution in [1.82, 2.24) is 25.3 Å². The van der Waals surface area contributed by atoms with Gasteiger partial charge in [0.2, 0.25) is 5.91 Å². The maximum atomic E-state index is 12.9. The van der Waals surface area contributed by atoms with E-state index in [1.165, 1.54) is 11.3 Å². The molecule has 3 atom stereocenters. The van der Waals surface area contributed by atoms with Crippen molar-refractivity contribution in [2.24, 2.45) is 18.9 Å². The average Bonchev–Trinajstić information content (AvgIpc) is 3.30. The van der Waals surface area contributed by atoms with E-state index in [1.54, 1.807) is 11.6 Å². The number of fused-ring (bicyclic) bond motifs is 2. The number of halogens is 1. The molecule has 1 unspecified atom stereocenters. The number of nitrogens with zero attached hydrogens (tertiary/aromatic N) is 3. The van der Waals surface area contributed by atoms with Crippen molar-refractivity contribution in [3.05, 3.63) is 16.6 Å². The predicted molar refractivity (Wildman–Crippen MR) is 113 cm³/mol. The van der Waals surface area contributed by atoms with Gasteiger partial charge in [-0.15, -0.1) is 23.7 Å². The SMILES string of the molecule is Cc1nn(C)c2sc(C(=O)NC(C)C(=O)N3CC[C@@H]4CNC[C@@H]4CC3)cc12.Cl. The van der Waals surface area contributed by atoms with Crippen LogP contribution in [-0.2, 0) is 11.8 Å². The van der Waals surface area contributed by atoms with Crippen LogP contribution in [0.3, 0.4) is 0 Å². The summed E-state index contributed by atoms with van der Waals surface area (Å²) in [6, 6.07) is 1.35. The average molecular weight is 426 g/mol. The normalized spacial score (nSPS) is 23.0. The van der Waals surface area contributed by atoms with Crippen LogP contribution < -0.4 is 10.6 Å². The Bertz CT molecular complexity index is 831. The third kappa shape index (κ3) is 3.90. The molecular formula is C19H28ClN5O2S. The highest BCUT2D eigenvalue weighted by atomic mass is 35.5. The molecule has 9 heteroatoms. The summed E-state index contributed by atoms with van der Waals surface area (Å²) in [6.45, 7) is 7.43. The molecule has 0 aliphatic carbocycles. The van der Waals surface area contributed by atoms with Crippen molar-refractivity contribution in [3.63, 3.8) is 0 Å². The Labute approximate surface area is 175 Å². The topological polar surface area (TPSA) is 79.3 Å². The van der Waals surface area contributed by atoms with Crippen LogP contribution in [0.25, 0.3) is 10.2 Å². The fourth-order valence-electron chi connectivity index (χ4n) is 4.36. The zero-order chi connectivity index (χ0) is 19.1. The van der Waals surface area contributed by atoms with Crippen LogP contribution >= 0.6 is 23.7 Å². The Morgan fingerprint density at radius 2 is 1.93 bits per heavy atom. The number of rotatable bonds is 3. The molecule has 2 aliphatic rings. The highest BCUT2D eigenvalue weighted by molar-refractivity contribution is 7.20. The molecule has 2 saturated heterocycles. The van der Waals surface area contributed by atoms with E-state index < -0.39 is 6.04 Å². The van der Waals surface area contributed by atoms with E-state index >= 15 is 0 Å². The molecule has 2 N–H and O–H groups in total. The number of thiophene rings is 1. The fraction of sp³-hybridized carbons (Fsp3) is 0.632. The molecule has 2 aliphatic heterocycles. The van der Waals surface area contributed by atoms with Gasteiger partial charge in [-0.05, 0) is 57.7 Å². The van der Waals surface area contributed by atoms with Crippen molar-refractivity contribution in [1.29, 1.82) is 0 Å². The van der Waals surface area contributed by atoms with Gasteiger partial charge in [-0.1, -0.05) is 0 Å². The molecule has 2 amide bonds. The molecule has 4 heterocycles. The molecule has 0 radical (unpaired) electrons. The Morgan fingerprint density at radius 1 is 1.29 bits per heavy atom. The summed E-state index contributed by atoms with van der Waals surface area (Å²) in [7, 11) is 1.88. The molecule has 7 nitrogen and oxygen atoms in total. The molecule has 154 valence electrons. The van der Waals surface area contributed by atoms with Gasteiger partial charge in [0.05, 0.1) is 10.6 Å². The van der Waals surface area contributed by atoms with Crippen molar-refractivity contribution < 1.29 is 9.59 Å². The van der Waals surface area contributed by atoms with E-state index in [4.69, 9.17) is 0 Å². The summed E-state index contributed by atoms with van der Waals surface area (Å²) < 4.78 is 1.80. The van der Waals surface area contributed by atoms with E-state index in [2.05, 4.69) is 15.7 Å². The van der Waals surface area contributed by atoms with Crippen LogP contribution in [0.15, 0.2) is 6.07 Å². The number of likely N-dealkylation sites (tertiary alicyclic amines) is 1. The monoisotopic (exact) mass is 425 g/mol. The van der Waals surface area contributed by atoms with Crippen LogP contribution in [0.2, 0.25) is 0 Å². The maximum Gasteiger partial charge on any atom is 0.262 e. The van der Waals surface area contributed by atoms with Gasteiger partial charge < -0.3 is 15.5 Å². The van der Waals surface area contributed by atoms with E-state index in [0.29, 0.717) is 16.7 Å². The minimum atomic E-state index is -0.516. The number of carbonyl (C=O) groups excluding carboxylic acids is 2. The molecule has 0 aromatic carbocycles. The smallest absolute Gasteiger partial charge is 0.262 e. The Balaban J connectivity index is 0.00000225. The first kappa shape index (κ1) is 21.1. The zero-order valence-electron chi connectivity index (χ0n) is 16.5.